The Balaban J connectivity index is 1.99. The lowest BCUT2D eigenvalue weighted by atomic mass is 9.69. The average Bonchev–Trinajstić information content (AvgIpc) is 2.67. The number of hydrogen-bond donors (Lipinski definition) is 0. The molecule has 3 aromatic carbocycles. The van der Waals surface area contributed by atoms with Gasteiger partial charge in [0.05, 0.1) is 5.69 Å². The number of nitrogens with zero attached hydrogens (tertiary/aromatic N) is 1. The molecule has 0 aliphatic heterocycles. The van der Waals surface area contributed by atoms with Crippen molar-refractivity contribution in [1.82, 2.24) is 4.98 Å². The van der Waals surface area contributed by atoms with Crippen molar-refractivity contribution in [2.75, 3.05) is 0 Å². The van der Waals surface area contributed by atoms with Crippen LogP contribution in [0.2, 0.25) is 0 Å². The van der Waals surface area contributed by atoms with E-state index in [2.05, 4.69) is 88.4 Å². The van der Waals surface area contributed by atoms with Gasteiger partial charge in [0.2, 0.25) is 0 Å². The van der Waals surface area contributed by atoms with E-state index in [1.165, 1.54) is 49.7 Å². The molecular weight excluding hydrogens is 326 g/mol. The first-order valence-electron chi connectivity index (χ1n) is 9.59. The summed E-state index contributed by atoms with van der Waals surface area (Å²) < 4.78 is 0. The van der Waals surface area contributed by atoms with Crippen LogP contribution in [0.15, 0.2) is 66.9 Å². The van der Waals surface area contributed by atoms with Gasteiger partial charge < -0.3 is 0 Å². The Morgan fingerprint density at radius 2 is 1.52 bits per heavy atom. The van der Waals surface area contributed by atoms with Gasteiger partial charge in [0.1, 0.15) is 0 Å². The van der Waals surface area contributed by atoms with Crippen LogP contribution in [0.25, 0.3) is 33.2 Å². The number of rotatable bonds is 1. The number of pyridine rings is 1. The van der Waals surface area contributed by atoms with Crippen molar-refractivity contribution in [3.63, 3.8) is 0 Å². The van der Waals surface area contributed by atoms with Crippen molar-refractivity contribution in [2.45, 2.75) is 33.1 Å². The molecule has 0 saturated heterocycles. The first-order valence-corrected chi connectivity index (χ1v) is 9.59. The fourth-order valence-corrected chi connectivity index (χ4v) is 4.81. The van der Waals surface area contributed by atoms with Gasteiger partial charge >= 0.3 is 0 Å². The molecule has 1 nitrogen and oxygen atoms in total. The summed E-state index contributed by atoms with van der Waals surface area (Å²) in [6.07, 6.45) is 1.92. The second-order valence-electron chi connectivity index (χ2n) is 8.18. The van der Waals surface area contributed by atoms with Crippen molar-refractivity contribution in [2.24, 2.45) is 0 Å². The summed E-state index contributed by atoms with van der Waals surface area (Å²) in [4.78, 5) is 4.80. The van der Waals surface area contributed by atoms with E-state index in [1.54, 1.807) is 0 Å². The van der Waals surface area contributed by atoms with Gasteiger partial charge in [0, 0.05) is 17.2 Å². The number of benzene rings is 3. The molecule has 4 aromatic rings. The minimum atomic E-state index is -0.0611. The fourth-order valence-electron chi connectivity index (χ4n) is 4.81. The molecule has 0 saturated carbocycles. The summed E-state index contributed by atoms with van der Waals surface area (Å²) in [5.74, 6) is 0. The van der Waals surface area contributed by atoms with E-state index in [1.807, 2.05) is 6.20 Å². The molecule has 0 amide bonds. The van der Waals surface area contributed by atoms with Crippen molar-refractivity contribution in [1.29, 1.82) is 0 Å². The predicted molar refractivity (Wildman–Crippen MR) is 114 cm³/mol. The first kappa shape index (κ1) is 16.3. The molecule has 0 atom stereocenters. The van der Waals surface area contributed by atoms with E-state index in [0.29, 0.717) is 0 Å². The van der Waals surface area contributed by atoms with Gasteiger partial charge in [0.25, 0.3) is 0 Å². The molecule has 0 fully saturated rings. The van der Waals surface area contributed by atoms with Crippen molar-refractivity contribution >= 4 is 10.8 Å². The Hall–Kier alpha value is -2.93. The summed E-state index contributed by atoms with van der Waals surface area (Å²) in [6, 6.07) is 22.1. The molecule has 27 heavy (non-hydrogen) atoms. The fraction of sp³-hybridized carbons (Fsp3) is 0.192. The third-order valence-corrected chi connectivity index (χ3v) is 6.18. The van der Waals surface area contributed by atoms with Crippen LogP contribution in [-0.2, 0) is 5.41 Å². The van der Waals surface area contributed by atoms with E-state index in [4.69, 9.17) is 4.98 Å². The third kappa shape index (κ3) is 2.15. The zero-order valence-electron chi connectivity index (χ0n) is 16.3. The third-order valence-electron chi connectivity index (χ3n) is 6.18. The van der Waals surface area contributed by atoms with Gasteiger partial charge in [-0.15, -0.1) is 0 Å². The molecular formula is C26H23N. The van der Waals surface area contributed by atoms with Gasteiger partial charge in [0.15, 0.2) is 0 Å². The number of aromatic nitrogens is 1. The zero-order valence-corrected chi connectivity index (χ0v) is 16.3. The van der Waals surface area contributed by atoms with E-state index < -0.39 is 0 Å². The lowest BCUT2D eigenvalue weighted by Crippen LogP contribution is -2.24. The molecule has 1 heterocycles. The Morgan fingerprint density at radius 3 is 2.33 bits per heavy atom. The van der Waals surface area contributed by atoms with Crippen LogP contribution in [-0.4, -0.2) is 4.98 Å². The van der Waals surface area contributed by atoms with E-state index >= 15 is 0 Å². The van der Waals surface area contributed by atoms with E-state index in [-0.39, 0.29) is 5.41 Å². The molecule has 1 aromatic heterocycles. The maximum atomic E-state index is 4.80. The summed E-state index contributed by atoms with van der Waals surface area (Å²) in [6.45, 7) is 9.06. The molecule has 132 valence electrons. The average molecular weight is 349 g/mol. The van der Waals surface area contributed by atoms with Crippen molar-refractivity contribution < 1.29 is 0 Å². The lowest BCUT2D eigenvalue weighted by Gasteiger charge is -2.35. The highest BCUT2D eigenvalue weighted by molar-refractivity contribution is 6.10. The minimum absolute atomic E-state index is 0.0611. The topological polar surface area (TPSA) is 12.9 Å². The normalized spacial score (nSPS) is 14.2. The van der Waals surface area contributed by atoms with Gasteiger partial charge in [-0.1, -0.05) is 62.4 Å². The second-order valence-corrected chi connectivity index (χ2v) is 8.18. The van der Waals surface area contributed by atoms with Crippen LogP contribution in [0, 0.1) is 13.8 Å². The number of fused-ring (bicyclic) bond motifs is 2. The summed E-state index contributed by atoms with van der Waals surface area (Å²) >= 11 is 0. The van der Waals surface area contributed by atoms with Crippen molar-refractivity contribution in [3.8, 4) is 22.4 Å². The maximum absolute atomic E-state index is 4.80. The summed E-state index contributed by atoms with van der Waals surface area (Å²) in [5, 5.41) is 2.69. The molecule has 0 unspecified atom stereocenters. The quantitative estimate of drug-likeness (QED) is 0.367. The van der Waals surface area contributed by atoms with Gasteiger partial charge in [-0.3, -0.25) is 4.98 Å². The molecule has 0 bridgehead atoms. The highest BCUT2D eigenvalue weighted by Crippen LogP contribution is 2.50. The molecule has 0 spiro atoms. The summed E-state index contributed by atoms with van der Waals surface area (Å²) in [5.41, 5.74) is 10.3. The molecule has 0 N–H and O–H groups in total. The molecule has 1 aliphatic carbocycles. The van der Waals surface area contributed by atoms with Gasteiger partial charge in [-0.25, -0.2) is 0 Å². The Morgan fingerprint density at radius 1 is 0.741 bits per heavy atom. The SMILES string of the molecule is Cc1ccccc1-c1c(C)cc2c3c(cccc13)C(C)(C)c1cccnc1-2. The van der Waals surface area contributed by atoms with Gasteiger partial charge in [-0.2, -0.15) is 0 Å². The zero-order chi connectivity index (χ0) is 18.8. The second kappa shape index (κ2) is 5.53. The number of aryl methyl sites for hydroxylation is 2. The minimum Gasteiger partial charge on any atom is -0.256 e. The molecule has 1 heteroatoms. The van der Waals surface area contributed by atoms with Crippen LogP contribution < -0.4 is 0 Å². The van der Waals surface area contributed by atoms with Crippen LogP contribution in [0.1, 0.15) is 36.1 Å². The Kier molecular flexibility index (Phi) is 3.33. The van der Waals surface area contributed by atoms with Crippen LogP contribution >= 0.6 is 0 Å². The highest BCUT2D eigenvalue weighted by atomic mass is 14.7. The predicted octanol–water partition coefficient (Wildman–Crippen LogP) is 6.82. The standard InChI is InChI=1S/C26H23N/c1-16-9-5-6-10-18(16)23-17(2)15-20-24-19(23)11-7-12-21(24)26(3,4)22-13-8-14-27-25(20)22/h5-15H,1-4H3. The smallest absolute Gasteiger partial charge is 0.0749 e. The van der Waals surface area contributed by atoms with Crippen LogP contribution in [0.4, 0.5) is 0 Å². The lowest BCUT2D eigenvalue weighted by molar-refractivity contribution is 0.642. The Bertz CT molecular complexity index is 1210. The van der Waals surface area contributed by atoms with Crippen LogP contribution in [0.3, 0.4) is 0 Å². The largest absolute Gasteiger partial charge is 0.256 e. The van der Waals surface area contributed by atoms with Crippen molar-refractivity contribution in [3.05, 3.63) is 89.1 Å². The van der Waals surface area contributed by atoms with E-state index in [0.717, 1.165) is 5.69 Å². The first-order chi connectivity index (χ1) is 13.0. The highest BCUT2D eigenvalue weighted by Gasteiger charge is 2.34. The molecule has 5 rings (SSSR count). The molecule has 1 aliphatic rings. The van der Waals surface area contributed by atoms with Crippen LogP contribution in [0.5, 0.6) is 0 Å². The maximum Gasteiger partial charge on any atom is 0.0749 e. The summed E-state index contributed by atoms with van der Waals surface area (Å²) in [7, 11) is 0. The molecule has 0 radical (unpaired) electrons. The van der Waals surface area contributed by atoms with Gasteiger partial charge in [-0.05, 0) is 70.1 Å². The monoisotopic (exact) mass is 349 g/mol. The van der Waals surface area contributed by atoms with E-state index in [9.17, 15) is 0 Å². The number of hydrogen-bond acceptors (Lipinski definition) is 1. The Labute approximate surface area is 160 Å².